The van der Waals surface area contributed by atoms with E-state index in [0.29, 0.717) is 26.2 Å². The number of rotatable bonds is 2. The molecule has 20 heavy (non-hydrogen) atoms. The quantitative estimate of drug-likeness (QED) is 0.580. The van der Waals surface area contributed by atoms with Crippen molar-refractivity contribution in [3.05, 3.63) is 18.0 Å². The Hall–Kier alpha value is -2.19. The van der Waals surface area contributed by atoms with Gasteiger partial charge in [0.1, 0.15) is 0 Å². The fourth-order valence-corrected chi connectivity index (χ4v) is 1.83. The van der Waals surface area contributed by atoms with Crippen molar-refractivity contribution in [2.24, 2.45) is 0 Å². The minimum absolute atomic E-state index is 0.177. The molecule has 0 N–H and O–H groups in total. The Labute approximate surface area is 112 Å². The highest BCUT2D eigenvalue weighted by Gasteiger charge is 2.31. The summed E-state index contributed by atoms with van der Waals surface area (Å²) >= 11 is 0. The van der Waals surface area contributed by atoms with Gasteiger partial charge < -0.3 is 9.80 Å². The van der Waals surface area contributed by atoms with Crippen LogP contribution in [0.1, 0.15) is 5.56 Å². The first-order valence-electron chi connectivity index (χ1n) is 5.80. The topological polar surface area (TPSA) is 66.4 Å². The van der Waals surface area contributed by atoms with Crippen LogP contribution in [-0.2, 0) is 15.8 Å². The van der Waals surface area contributed by atoms with Crippen LogP contribution in [0, 0.1) is 0 Å². The van der Waals surface area contributed by atoms with Gasteiger partial charge in [-0.1, -0.05) is 0 Å². The summed E-state index contributed by atoms with van der Waals surface area (Å²) < 4.78 is 37.1. The van der Waals surface area contributed by atoms with Crippen molar-refractivity contribution in [1.29, 1.82) is 0 Å². The Kier molecular flexibility index (Phi) is 3.86. The van der Waals surface area contributed by atoms with E-state index >= 15 is 0 Å². The molecule has 1 saturated heterocycles. The molecule has 1 aliphatic heterocycles. The van der Waals surface area contributed by atoms with Crippen LogP contribution in [-0.4, -0.2) is 53.2 Å². The van der Waals surface area contributed by atoms with Gasteiger partial charge in [-0.05, 0) is 0 Å². The lowest BCUT2D eigenvalue weighted by atomic mass is 10.3. The molecule has 9 heteroatoms. The number of amides is 1. The van der Waals surface area contributed by atoms with Crippen LogP contribution >= 0.6 is 0 Å². The molecule has 1 fully saturated rings. The van der Waals surface area contributed by atoms with Crippen LogP contribution in [0.25, 0.3) is 0 Å². The molecule has 0 bridgehead atoms. The maximum atomic E-state index is 12.4. The Morgan fingerprint density at radius 2 is 1.70 bits per heavy atom. The second-order valence-corrected chi connectivity index (χ2v) is 4.20. The molecule has 0 unspecified atom stereocenters. The monoisotopic (exact) mass is 288 g/mol. The standard InChI is InChI=1S/C11H11F3N4O2/c12-11(13,14)8-5-15-10(16-6-8)18-3-1-17(2-4-18)9(20)7-19/h5-7H,1-4H2. The number of carbonyl (C=O) groups is 2. The molecule has 0 atom stereocenters. The Morgan fingerprint density at radius 3 is 2.15 bits per heavy atom. The molecule has 0 saturated carbocycles. The van der Waals surface area contributed by atoms with Gasteiger partial charge in [-0.2, -0.15) is 13.2 Å². The van der Waals surface area contributed by atoms with Gasteiger partial charge >= 0.3 is 6.18 Å². The first kappa shape index (κ1) is 14.2. The third-order valence-corrected chi connectivity index (χ3v) is 2.94. The van der Waals surface area contributed by atoms with E-state index in [-0.39, 0.29) is 12.2 Å². The third kappa shape index (κ3) is 3.03. The van der Waals surface area contributed by atoms with Gasteiger partial charge in [0.05, 0.1) is 5.56 Å². The van der Waals surface area contributed by atoms with Crippen molar-refractivity contribution in [3.8, 4) is 0 Å². The third-order valence-electron chi connectivity index (χ3n) is 2.94. The van der Waals surface area contributed by atoms with Crippen LogP contribution in [0.5, 0.6) is 0 Å². The molecule has 6 nitrogen and oxygen atoms in total. The molecule has 1 aromatic heterocycles. The van der Waals surface area contributed by atoms with Crippen LogP contribution < -0.4 is 4.90 Å². The van der Waals surface area contributed by atoms with Gasteiger partial charge in [-0.3, -0.25) is 9.59 Å². The zero-order valence-corrected chi connectivity index (χ0v) is 10.3. The first-order chi connectivity index (χ1) is 9.41. The molecule has 1 aliphatic rings. The molecule has 0 radical (unpaired) electrons. The average molecular weight is 288 g/mol. The number of halogens is 3. The van der Waals surface area contributed by atoms with E-state index in [4.69, 9.17) is 0 Å². The van der Waals surface area contributed by atoms with Gasteiger partial charge in [-0.15, -0.1) is 0 Å². The number of aldehydes is 1. The lowest BCUT2D eigenvalue weighted by molar-refractivity contribution is -0.139. The fourth-order valence-electron chi connectivity index (χ4n) is 1.83. The Morgan fingerprint density at radius 1 is 1.15 bits per heavy atom. The van der Waals surface area contributed by atoms with E-state index in [1.165, 1.54) is 4.90 Å². The highest BCUT2D eigenvalue weighted by molar-refractivity contribution is 6.23. The molecule has 0 spiro atoms. The van der Waals surface area contributed by atoms with Gasteiger partial charge in [0, 0.05) is 38.6 Å². The number of nitrogens with zero attached hydrogens (tertiary/aromatic N) is 4. The van der Waals surface area contributed by atoms with Crippen molar-refractivity contribution in [3.63, 3.8) is 0 Å². The summed E-state index contributed by atoms with van der Waals surface area (Å²) in [4.78, 5) is 31.9. The van der Waals surface area contributed by atoms with Crippen molar-refractivity contribution < 1.29 is 22.8 Å². The summed E-state index contributed by atoms with van der Waals surface area (Å²) in [6.45, 7) is 1.35. The smallest absolute Gasteiger partial charge is 0.337 e. The Bertz CT molecular complexity index is 495. The molecule has 1 aromatic rings. The predicted octanol–water partition coefficient (Wildman–Crippen LogP) is 0.343. The molecular formula is C11H11F3N4O2. The number of piperazine rings is 1. The Balaban J connectivity index is 2.00. The molecule has 0 aromatic carbocycles. The zero-order chi connectivity index (χ0) is 14.8. The van der Waals surface area contributed by atoms with Gasteiger partial charge in [0.15, 0.2) is 0 Å². The SMILES string of the molecule is O=CC(=O)N1CCN(c2ncc(C(F)(F)F)cn2)CC1. The minimum atomic E-state index is -4.46. The summed E-state index contributed by atoms with van der Waals surface area (Å²) in [6.07, 6.45) is -2.77. The molecule has 0 aliphatic carbocycles. The normalized spacial score (nSPS) is 16.1. The summed E-state index contributed by atoms with van der Waals surface area (Å²) in [5, 5.41) is 0. The zero-order valence-electron chi connectivity index (χ0n) is 10.3. The summed E-state index contributed by atoms with van der Waals surface area (Å²) in [5.74, 6) is -0.422. The van der Waals surface area contributed by atoms with Crippen molar-refractivity contribution >= 4 is 18.1 Å². The maximum Gasteiger partial charge on any atom is 0.419 e. The van der Waals surface area contributed by atoms with Crippen LogP contribution in [0.15, 0.2) is 12.4 Å². The fraction of sp³-hybridized carbons (Fsp3) is 0.455. The van der Waals surface area contributed by atoms with E-state index in [1.807, 2.05) is 0 Å². The number of hydrogen-bond donors (Lipinski definition) is 0. The van der Waals surface area contributed by atoms with Gasteiger partial charge in [0.25, 0.3) is 5.91 Å². The van der Waals surface area contributed by atoms with Gasteiger partial charge in [0.2, 0.25) is 12.2 Å². The highest BCUT2D eigenvalue weighted by atomic mass is 19.4. The lowest BCUT2D eigenvalue weighted by Crippen LogP contribution is -2.49. The molecule has 108 valence electrons. The van der Waals surface area contributed by atoms with E-state index < -0.39 is 17.6 Å². The van der Waals surface area contributed by atoms with Crippen molar-refractivity contribution in [1.82, 2.24) is 14.9 Å². The number of anilines is 1. The number of aromatic nitrogens is 2. The van der Waals surface area contributed by atoms with Crippen molar-refractivity contribution in [2.45, 2.75) is 6.18 Å². The molecule has 1 amide bonds. The molecule has 2 rings (SSSR count). The van der Waals surface area contributed by atoms with E-state index in [9.17, 15) is 22.8 Å². The number of carbonyl (C=O) groups excluding carboxylic acids is 2. The molecular weight excluding hydrogens is 277 g/mol. The summed E-state index contributed by atoms with van der Waals surface area (Å²) in [5.41, 5.74) is -0.906. The van der Waals surface area contributed by atoms with Gasteiger partial charge in [-0.25, -0.2) is 9.97 Å². The van der Waals surface area contributed by atoms with Crippen molar-refractivity contribution in [2.75, 3.05) is 31.1 Å². The largest absolute Gasteiger partial charge is 0.419 e. The number of hydrogen-bond acceptors (Lipinski definition) is 5. The minimum Gasteiger partial charge on any atom is -0.337 e. The predicted molar refractivity (Wildman–Crippen MR) is 61.9 cm³/mol. The van der Waals surface area contributed by atoms with Crippen LogP contribution in [0.3, 0.4) is 0 Å². The summed E-state index contributed by atoms with van der Waals surface area (Å²) in [7, 11) is 0. The van der Waals surface area contributed by atoms with E-state index in [1.54, 1.807) is 4.90 Å². The lowest BCUT2D eigenvalue weighted by Gasteiger charge is -2.33. The van der Waals surface area contributed by atoms with Crippen LogP contribution in [0.4, 0.5) is 19.1 Å². The van der Waals surface area contributed by atoms with Crippen LogP contribution in [0.2, 0.25) is 0 Å². The van der Waals surface area contributed by atoms with E-state index in [2.05, 4.69) is 9.97 Å². The second kappa shape index (κ2) is 5.43. The maximum absolute atomic E-state index is 12.4. The first-order valence-corrected chi connectivity index (χ1v) is 5.80. The highest BCUT2D eigenvalue weighted by Crippen LogP contribution is 2.28. The second-order valence-electron chi connectivity index (χ2n) is 4.20. The average Bonchev–Trinajstić information content (AvgIpc) is 2.46. The number of alkyl halides is 3. The molecule has 2 heterocycles. The van der Waals surface area contributed by atoms with E-state index in [0.717, 1.165) is 12.4 Å². The summed E-state index contributed by atoms with van der Waals surface area (Å²) in [6, 6.07) is 0.